The predicted molar refractivity (Wildman–Crippen MR) is 56.6 cm³/mol. The predicted octanol–water partition coefficient (Wildman–Crippen LogP) is 2.69. The van der Waals surface area contributed by atoms with Crippen LogP contribution in [0.2, 0.25) is 0 Å². The lowest BCUT2D eigenvalue weighted by Gasteiger charge is -2.09. The van der Waals surface area contributed by atoms with E-state index < -0.39 is 0 Å². The minimum absolute atomic E-state index is 0.0823. The highest BCUT2D eigenvalue weighted by Gasteiger charge is 2.08. The van der Waals surface area contributed by atoms with Crippen molar-refractivity contribution in [2.75, 3.05) is 7.11 Å². The lowest BCUT2D eigenvalue weighted by molar-refractivity contribution is 0.321. The summed E-state index contributed by atoms with van der Waals surface area (Å²) in [5.74, 6) is 0.830. The molecule has 0 atom stereocenters. The van der Waals surface area contributed by atoms with E-state index in [9.17, 15) is 0 Å². The molecule has 4 heteroatoms. The number of hydrogen-bond donors (Lipinski definition) is 1. The topological polar surface area (TPSA) is 41.8 Å². The van der Waals surface area contributed by atoms with Crippen molar-refractivity contribution < 1.29 is 9.94 Å². The number of nitrogens with zero attached hydrogens (tertiary/aromatic N) is 1. The van der Waals surface area contributed by atoms with Crippen molar-refractivity contribution in [1.29, 1.82) is 0 Å². The SMILES string of the molecule is COc1c(C)cc(C(Cl)=NO)cc1C. The third kappa shape index (κ3) is 1.99. The largest absolute Gasteiger partial charge is 0.496 e. The van der Waals surface area contributed by atoms with Gasteiger partial charge in [0.15, 0.2) is 5.17 Å². The summed E-state index contributed by atoms with van der Waals surface area (Å²) in [6, 6.07) is 3.63. The third-order valence-electron chi connectivity index (χ3n) is 1.99. The van der Waals surface area contributed by atoms with Crippen LogP contribution in [-0.2, 0) is 0 Å². The molecule has 1 rings (SSSR count). The summed E-state index contributed by atoms with van der Waals surface area (Å²) in [5, 5.41) is 11.5. The van der Waals surface area contributed by atoms with Crippen LogP contribution in [0.3, 0.4) is 0 Å². The van der Waals surface area contributed by atoms with Gasteiger partial charge in [-0.3, -0.25) is 0 Å². The Bertz CT molecular complexity index is 351. The van der Waals surface area contributed by atoms with E-state index in [4.69, 9.17) is 21.5 Å². The molecule has 0 aromatic heterocycles. The molecule has 0 aliphatic carbocycles. The maximum absolute atomic E-state index is 8.52. The Kier molecular flexibility index (Phi) is 3.36. The van der Waals surface area contributed by atoms with Crippen LogP contribution in [-0.4, -0.2) is 17.5 Å². The van der Waals surface area contributed by atoms with Gasteiger partial charge in [0.25, 0.3) is 0 Å². The Morgan fingerprint density at radius 3 is 2.21 bits per heavy atom. The van der Waals surface area contributed by atoms with E-state index in [-0.39, 0.29) is 5.17 Å². The van der Waals surface area contributed by atoms with Gasteiger partial charge in [0, 0.05) is 5.56 Å². The normalized spacial score (nSPS) is 11.6. The number of aryl methyl sites for hydroxylation is 2. The van der Waals surface area contributed by atoms with Crippen LogP contribution in [0.25, 0.3) is 0 Å². The van der Waals surface area contributed by atoms with Gasteiger partial charge in [-0.05, 0) is 37.1 Å². The van der Waals surface area contributed by atoms with E-state index in [1.54, 1.807) is 7.11 Å². The summed E-state index contributed by atoms with van der Waals surface area (Å²) in [6.07, 6.45) is 0. The van der Waals surface area contributed by atoms with Gasteiger partial charge in [0.2, 0.25) is 0 Å². The molecule has 14 heavy (non-hydrogen) atoms. The van der Waals surface area contributed by atoms with Crippen molar-refractivity contribution >= 4 is 16.8 Å². The number of hydrogen-bond acceptors (Lipinski definition) is 3. The lowest BCUT2D eigenvalue weighted by atomic mass is 10.1. The van der Waals surface area contributed by atoms with Gasteiger partial charge in [-0.15, -0.1) is 0 Å². The molecule has 0 aliphatic heterocycles. The molecule has 0 saturated heterocycles. The van der Waals surface area contributed by atoms with E-state index in [0.717, 1.165) is 16.9 Å². The zero-order valence-corrected chi connectivity index (χ0v) is 9.09. The van der Waals surface area contributed by atoms with Gasteiger partial charge in [-0.1, -0.05) is 16.8 Å². The number of oxime groups is 1. The number of rotatable bonds is 2. The smallest absolute Gasteiger partial charge is 0.175 e. The van der Waals surface area contributed by atoms with Crippen molar-refractivity contribution in [3.63, 3.8) is 0 Å². The molecule has 1 aromatic carbocycles. The quantitative estimate of drug-likeness (QED) is 0.466. The van der Waals surface area contributed by atoms with Crippen molar-refractivity contribution in [3.8, 4) is 5.75 Å². The molecular weight excluding hydrogens is 202 g/mol. The maximum Gasteiger partial charge on any atom is 0.175 e. The molecule has 0 unspecified atom stereocenters. The van der Waals surface area contributed by atoms with Crippen LogP contribution in [0, 0.1) is 13.8 Å². The van der Waals surface area contributed by atoms with Gasteiger partial charge < -0.3 is 9.94 Å². The second kappa shape index (κ2) is 4.33. The fourth-order valence-electron chi connectivity index (χ4n) is 1.45. The summed E-state index contributed by atoms with van der Waals surface area (Å²) in [5.41, 5.74) is 2.61. The van der Waals surface area contributed by atoms with Crippen LogP contribution < -0.4 is 4.74 Å². The molecule has 0 amide bonds. The van der Waals surface area contributed by atoms with Crippen molar-refractivity contribution in [3.05, 3.63) is 28.8 Å². The molecular formula is C10H12ClNO2. The van der Waals surface area contributed by atoms with Crippen molar-refractivity contribution in [1.82, 2.24) is 0 Å². The van der Waals surface area contributed by atoms with Crippen LogP contribution >= 0.6 is 11.6 Å². The maximum atomic E-state index is 8.52. The molecule has 0 saturated carbocycles. The first-order valence-electron chi connectivity index (χ1n) is 4.13. The van der Waals surface area contributed by atoms with Gasteiger partial charge in [-0.2, -0.15) is 0 Å². The Hall–Kier alpha value is -1.22. The Labute approximate surface area is 88.0 Å². The second-order valence-corrected chi connectivity index (χ2v) is 3.39. The van der Waals surface area contributed by atoms with E-state index >= 15 is 0 Å². The molecule has 0 radical (unpaired) electrons. The summed E-state index contributed by atoms with van der Waals surface area (Å²) in [6.45, 7) is 3.83. The summed E-state index contributed by atoms with van der Waals surface area (Å²) in [7, 11) is 1.62. The third-order valence-corrected chi connectivity index (χ3v) is 2.28. The Morgan fingerprint density at radius 2 is 1.86 bits per heavy atom. The number of halogens is 1. The van der Waals surface area contributed by atoms with E-state index in [0.29, 0.717) is 5.56 Å². The molecule has 0 bridgehead atoms. The number of benzene rings is 1. The molecule has 0 fully saturated rings. The van der Waals surface area contributed by atoms with Crippen molar-refractivity contribution in [2.24, 2.45) is 5.16 Å². The summed E-state index contributed by atoms with van der Waals surface area (Å²) >= 11 is 5.69. The fraction of sp³-hybridized carbons (Fsp3) is 0.300. The van der Waals surface area contributed by atoms with E-state index in [2.05, 4.69) is 5.16 Å². The Balaban J connectivity index is 3.27. The Morgan fingerprint density at radius 1 is 1.36 bits per heavy atom. The van der Waals surface area contributed by atoms with Gasteiger partial charge in [0.1, 0.15) is 5.75 Å². The molecule has 76 valence electrons. The standard InChI is InChI=1S/C10H12ClNO2/c1-6-4-8(10(11)12-13)5-7(2)9(6)14-3/h4-5,13H,1-3H3. The molecule has 0 spiro atoms. The minimum atomic E-state index is 0.0823. The van der Waals surface area contributed by atoms with Crippen LogP contribution in [0.4, 0.5) is 0 Å². The molecule has 0 heterocycles. The second-order valence-electron chi connectivity index (χ2n) is 3.03. The molecule has 1 aromatic rings. The van der Waals surface area contributed by atoms with Gasteiger partial charge in [-0.25, -0.2) is 0 Å². The summed E-state index contributed by atoms with van der Waals surface area (Å²) in [4.78, 5) is 0. The fourth-order valence-corrected chi connectivity index (χ4v) is 1.56. The zero-order chi connectivity index (χ0) is 10.7. The molecule has 3 nitrogen and oxygen atoms in total. The monoisotopic (exact) mass is 213 g/mol. The zero-order valence-electron chi connectivity index (χ0n) is 8.34. The van der Waals surface area contributed by atoms with Crippen LogP contribution in [0.5, 0.6) is 5.75 Å². The summed E-state index contributed by atoms with van der Waals surface area (Å²) < 4.78 is 5.20. The van der Waals surface area contributed by atoms with Crippen molar-refractivity contribution in [2.45, 2.75) is 13.8 Å². The average Bonchev–Trinajstić information content (AvgIpc) is 2.16. The number of methoxy groups -OCH3 is 1. The highest BCUT2D eigenvalue weighted by Crippen LogP contribution is 2.25. The molecule has 0 aliphatic rings. The first-order valence-corrected chi connectivity index (χ1v) is 4.51. The van der Waals surface area contributed by atoms with Crippen LogP contribution in [0.1, 0.15) is 16.7 Å². The first kappa shape index (κ1) is 10.9. The highest BCUT2D eigenvalue weighted by molar-refractivity contribution is 6.69. The first-order chi connectivity index (χ1) is 6.60. The van der Waals surface area contributed by atoms with Gasteiger partial charge >= 0.3 is 0 Å². The highest BCUT2D eigenvalue weighted by atomic mass is 35.5. The van der Waals surface area contributed by atoms with Crippen LogP contribution in [0.15, 0.2) is 17.3 Å². The lowest BCUT2D eigenvalue weighted by Crippen LogP contribution is -1.97. The van der Waals surface area contributed by atoms with E-state index in [1.807, 2.05) is 26.0 Å². The number of ether oxygens (including phenoxy) is 1. The van der Waals surface area contributed by atoms with Gasteiger partial charge in [0.05, 0.1) is 7.11 Å². The minimum Gasteiger partial charge on any atom is -0.496 e. The average molecular weight is 214 g/mol. The molecule has 1 N–H and O–H groups in total. The van der Waals surface area contributed by atoms with E-state index in [1.165, 1.54) is 0 Å².